The smallest absolute Gasteiger partial charge is 0.248 e. The summed E-state index contributed by atoms with van der Waals surface area (Å²) in [5.41, 5.74) is 2.13. The van der Waals surface area contributed by atoms with Crippen molar-refractivity contribution in [2.24, 2.45) is 0 Å². The number of carbonyl (C=O) groups excluding carboxylic acids is 2. The van der Waals surface area contributed by atoms with E-state index in [1.54, 1.807) is 6.92 Å². The van der Waals surface area contributed by atoms with E-state index in [1.165, 1.54) is 16.9 Å². The number of aryl methyl sites for hydroxylation is 1. The fourth-order valence-corrected chi connectivity index (χ4v) is 3.14. The monoisotopic (exact) mass is 374 g/mol. The molecule has 0 saturated carbocycles. The van der Waals surface area contributed by atoms with Gasteiger partial charge >= 0.3 is 0 Å². The third-order valence-electron chi connectivity index (χ3n) is 3.98. The lowest BCUT2D eigenvalue weighted by molar-refractivity contribution is -0.126. The molecule has 140 valence electrons. The first kappa shape index (κ1) is 20.0. The molecule has 2 rings (SSSR count). The summed E-state index contributed by atoms with van der Waals surface area (Å²) >= 11 is 1.31. The summed E-state index contributed by atoms with van der Waals surface area (Å²) in [4.78, 5) is 24.1. The van der Waals surface area contributed by atoms with Gasteiger partial charge in [-0.3, -0.25) is 14.9 Å². The Morgan fingerprint density at radius 1 is 1.12 bits per heavy atom. The van der Waals surface area contributed by atoms with Gasteiger partial charge in [0.2, 0.25) is 16.9 Å². The molecule has 1 unspecified atom stereocenters. The van der Waals surface area contributed by atoms with Gasteiger partial charge in [0.25, 0.3) is 0 Å². The Bertz CT molecular complexity index is 727. The average molecular weight is 375 g/mol. The Labute approximate surface area is 158 Å². The maximum absolute atomic E-state index is 12.2. The van der Waals surface area contributed by atoms with Gasteiger partial charge in [-0.05, 0) is 20.3 Å². The van der Waals surface area contributed by atoms with Crippen LogP contribution in [0, 0.1) is 6.92 Å². The number of hydrogen-bond donors (Lipinski definition) is 2. The number of benzene rings is 1. The molecule has 26 heavy (non-hydrogen) atoms. The van der Waals surface area contributed by atoms with Crippen molar-refractivity contribution in [1.29, 1.82) is 0 Å². The van der Waals surface area contributed by atoms with Crippen molar-refractivity contribution in [3.05, 3.63) is 29.8 Å². The predicted octanol–water partition coefficient (Wildman–Crippen LogP) is 3.93. The van der Waals surface area contributed by atoms with Crippen molar-refractivity contribution in [2.75, 3.05) is 5.32 Å². The van der Waals surface area contributed by atoms with Gasteiger partial charge in [-0.25, -0.2) is 0 Å². The molecule has 0 radical (unpaired) electrons. The minimum absolute atomic E-state index is 0.0960. The highest BCUT2D eigenvalue weighted by atomic mass is 32.1. The summed E-state index contributed by atoms with van der Waals surface area (Å²) in [7, 11) is 0. The molecule has 0 aliphatic rings. The number of anilines is 1. The molecule has 0 spiro atoms. The van der Waals surface area contributed by atoms with Crippen LogP contribution >= 0.6 is 11.3 Å². The Kier molecular flexibility index (Phi) is 7.72. The molecular formula is C19H26N4O2S. The van der Waals surface area contributed by atoms with Crippen LogP contribution in [0.1, 0.15) is 51.5 Å². The van der Waals surface area contributed by atoms with Crippen molar-refractivity contribution in [3.63, 3.8) is 0 Å². The topological polar surface area (TPSA) is 84.0 Å². The molecule has 0 fully saturated rings. The van der Waals surface area contributed by atoms with Crippen molar-refractivity contribution < 1.29 is 9.59 Å². The van der Waals surface area contributed by atoms with Crippen LogP contribution < -0.4 is 10.6 Å². The van der Waals surface area contributed by atoms with Gasteiger partial charge in [-0.15, -0.1) is 10.2 Å². The summed E-state index contributed by atoms with van der Waals surface area (Å²) in [5.74, 6) is -0.389. The summed E-state index contributed by atoms with van der Waals surface area (Å²) in [6.45, 7) is 5.82. The van der Waals surface area contributed by atoms with E-state index in [1.807, 2.05) is 31.2 Å². The molecule has 2 N–H and O–H groups in total. The molecule has 0 bridgehead atoms. The van der Waals surface area contributed by atoms with Crippen LogP contribution in [0.5, 0.6) is 0 Å². The Balaban J connectivity index is 1.83. The van der Waals surface area contributed by atoms with E-state index in [4.69, 9.17) is 0 Å². The van der Waals surface area contributed by atoms with Crippen molar-refractivity contribution in [3.8, 4) is 10.6 Å². The number of aromatic nitrogens is 2. The van der Waals surface area contributed by atoms with E-state index in [-0.39, 0.29) is 11.8 Å². The molecule has 0 saturated heterocycles. The minimum atomic E-state index is -0.611. The lowest BCUT2D eigenvalue weighted by Crippen LogP contribution is -2.41. The van der Waals surface area contributed by atoms with Crippen molar-refractivity contribution >= 4 is 28.3 Å². The molecule has 1 heterocycles. The maximum Gasteiger partial charge on any atom is 0.248 e. The summed E-state index contributed by atoms with van der Waals surface area (Å²) in [5, 5.41) is 14.7. The number of amides is 2. The van der Waals surface area contributed by atoms with Gasteiger partial charge in [-0.1, -0.05) is 67.4 Å². The zero-order valence-electron chi connectivity index (χ0n) is 15.5. The van der Waals surface area contributed by atoms with Crippen molar-refractivity contribution in [2.45, 2.75) is 58.9 Å². The van der Waals surface area contributed by atoms with Crippen LogP contribution in [0.15, 0.2) is 24.3 Å². The highest BCUT2D eigenvalue weighted by Gasteiger charge is 2.17. The molecule has 1 aromatic heterocycles. The Morgan fingerprint density at radius 2 is 1.85 bits per heavy atom. The number of unbranched alkanes of at least 4 members (excludes halogenated alkanes) is 3. The molecule has 7 heteroatoms. The van der Waals surface area contributed by atoms with Gasteiger partial charge < -0.3 is 5.32 Å². The first-order valence-electron chi connectivity index (χ1n) is 9.00. The van der Waals surface area contributed by atoms with Crippen LogP contribution in [-0.4, -0.2) is 28.1 Å². The second-order valence-electron chi connectivity index (χ2n) is 6.37. The number of rotatable bonds is 9. The van der Waals surface area contributed by atoms with E-state index >= 15 is 0 Å². The first-order valence-corrected chi connectivity index (χ1v) is 9.82. The molecule has 2 amide bonds. The van der Waals surface area contributed by atoms with Crippen LogP contribution in [0.25, 0.3) is 10.6 Å². The fourth-order valence-electron chi connectivity index (χ4n) is 2.39. The van der Waals surface area contributed by atoms with E-state index in [9.17, 15) is 9.59 Å². The predicted molar refractivity (Wildman–Crippen MR) is 105 cm³/mol. The molecule has 6 nitrogen and oxygen atoms in total. The highest BCUT2D eigenvalue weighted by Crippen LogP contribution is 2.26. The largest absolute Gasteiger partial charge is 0.345 e. The lowest BCUT2D eigenvalue weighted by Gasteiger charge is -2.12. The second kappa shape index (κ2) is 10.0. The Morgan fingerprint density at radius 3 is 2.54 bits per heavy atom. The fraction of sp³-hybridized carbons (Fsp3) is 0.474. The minimum Gasteiger partial charge on any atom is -0.345 e. The molecule has 1 atom stereocenters. The number of carbonyl (C=O) groups is 2. The highest BCUT2D eigenvalue weighted by molar-refractivity contribution is 7.18. The van der Waals surface area contributed by atoms with Crippen LogP contribution in [0.2, 0.25) is 0 Å². The molecule has 0 aliphatic heterocycles. The lowest BCUT2D eigenvalue weighted by atomic mass is 10.1. The average Bonchev–Trinajstić information content (AvgIpc) is 3.07. The first-order chi connectivity index (χ1) is 12.5. The number of hydrogen-bond acceptors (Lipinski definition) is 5. The van der Waals surface area contributed by atoms with Gasteiger partial charge in [0.15, 0.2) is 0 Å². The summed E-state index contributed by atoms with van der Waals surface area (Å²) in [6.07, 6.45) is 4.60. The summed E-state index contributed by atoms with van der Waals surface area (Å²) in [6, 6.07) is 7.35. The van der Waals surface area contributed by atoms with E-state index in [0.717, 1.165) is 36.3 Å². The maximum atomic E-state index is 12.2. The third-order valence-corrected chi connectivity index (χ3v) is 4.87. The quantitative estimate of drug-likeness (QED) is 0.652. The van der Waals surface area contributed by atoms with Crippen molar-refractivity contribution in [1.82, 2.24) is 15.5 Å². The standard InChI is InChI=1S/C19H26N4O2S/c1-4-5-6-7-8-16(24)20-14(3)17(25)21-19-23-22-18(26-19)15-11-9-13(2)10-12-15/h9-12,14H,4-8H2,1-3H3,(H,20,24)(H,21,23,25). The zero-order chi connectivity index (χ0) is 18.9. The summed E-state index contributed by atoms with van der Waals surface area (Å²) < 4.78 is 0. The molecule has 0 aliphatic carbocycles. The SMILES string of the molecule is CCCCCCC(=O)NC(C)C(=O)Nc1nnc(-c2ccc(C)cc2)s1. The Hall–Kier alpha value is -2.28. The number of nitrogens with one attached hydrogen (secondary N) is 2. The van der Waals surface area contributed by atoms with Gasteiger partial charge in [-0.2, -0.15) is 0 Å². The van der Waals surface area contributed by atoms with Crippen LogP contribution in [0.4, 0.5) is 5.13 Å². The molecular weight excluding hydrogens is 348 g/mol. The second-order valence-corrected chi connectivity index (χ2v) is 7.35. The normalized spacial score (nSPS) is 11.8. The van der Waals surface area contributed by atoms with E-state index in [0.29, 0.717) is 11.6 Å². The van der Waals surface area contributed by atoms with E-state index < -0.39 is 6.04 Å². The van der Waals surface area contributed by atoms with Crippen LogP contribution in [-0.2, 0) is 9.59 Å². The zero-order valence-corrected chi connectivity index (χ0v) is 16.4. The van der Waals surface area contributed by atoms with Gasteiger partial charge in [0.1, 0.15) is 11.0 Å². The van der Waals surface area contributed by atoms with Gasteiger partial charge in [0, 0.05) is 12.0 Å². The van der Waals surface area contributed by atoms with Gasteiger partial charge in [0.05, 0.1) is 0 Å². The molecule has 1 aromatic carbocycles. The molecule has 2 aromatic rings. The van der Waals surface area contributed by atoms with E-state index in [2.05, 4.69) is 27.8 Å². The number of nitrogens with zero attached hydrogens (tertiary/aromatic N) is 2. The van der Waals surface area contributed by atoms with Crippen LogP contribution in [0.3, 0.4) is 0 Å². The third kappa shape index (κ3) is 6.22.